The Labute approximate surface area is 187 Å². The van der Waals surface area contributed by atoms with E-state index in [1.165, 1.54) is 6.07 Å². The molecule has 2 aromatic carbocycles. The molecular formula is C22H26ClFN4O2S. The number of aliphatic imine (C=N–C) groups is 1. The fraction of sp³-hybridized carbons (Fsp3) is 0.409. The van der Waals surface area contributed by atoms with E-state index >= 15 is 0 Å². The summed E-state index contributed by atoms with van der Waals surface area (Å²) in [7, 11) is -3.52. The normalized spacial score (nSPS) is 19.3. The summed E-state index contributed by atoms with van der Waals surface area (Å²) in [4.78, 5) is 5.01. The average Bonchev–Trinajstić information content (AvgIpc) is 2.76. The number of amidine groups is 1. The molecule has 2 N–H and O–H groups in total. The van der Waals surface area contributed by atoms with Crippen molar-refractivity contribution in [3.05, 3.63) is 64.4 Å². The molecule has 4 rings (SSSR count). The molecule has 0 bridgehead atoms. The molecule has 166 valence electrons. The topological polar surface area (TPSA) is 73.8 Å². The zero-order chi connectivity index (χ0) is 22.1. The number of piperidine rings is 1. The molecule has 9 heteroatoms. The number of halogens is 2. The van der Waals surface area contributed by atoms with Gasteiger partial charge in [-0.3, -0.25) is 4.99 Å². The molecule has 2 aliphatic heterocycles. The monoisotopic (exact) mass is 464 g/mol. The highest BCUT2D eigenvalue weighted by Gasteiger charge is 2.43. The van der Waals surface area contributed by atoms with Gasteiger partial charge in [0.1, 0.15) is 11.7 Å². The maximum absolute atomic E-state index is 13.4. The lowest BCUT2D eigenvalue weighted by Crippen LogP contribution is -2.64. The van der Waals surface area contributed by atoms with Crippen LogP contribution in [0, 0.1) is 12.7 Å². The molecule has 0 unspecified atom stereocenters. The molecule has 0 radical (unpaired) electrons. The Morgan fingerprint density at radius 3 is 2.58 bits per heavy atom. The van der Waals surface area contributed by atoms with Crippen LogP contribution in [0.15, 0.2) is 52.4 Å². The van der Waals surface area contributed by atoms with Gasteiger partial charge in [-0.1, -0.05) is 35.4 Å². The fourth-order valence-corrected chi connectivity index (χ4v) is 5.78. The predicted molar refractivity (Wildman–Crippen MR) is 120 cm³/mol. The van der Waals surface area contributed by atoms with E-state index in [1.54, 1.807) is 28.6 Å². The van der Waals surface area contributed by atoms with Gasteiger partial charge in [0.25, 0.3) is 0 Å². The molecule has 2 heterocycles. The van der Waals surface area contributed by atoms with Gasteiger partial charge in [0.2, 0.25) is 10.0 Å². The lowest BCUT2D eigenvalue weighted by molar-refractivity contribution is 0.241. The molecule has 1 saturated heterocycles. The van der Waals surface area contributed by atoms with Crippen LogP contribution in [-0.2, 0) is 16.6 Å². The third kappa shape index (κ3) is 4.62. The molecule has 0 amide bonds. The first-order valence-electron chi connectivity index (χ1n) is 10.3. The maximum Gasteiger partial charge on any atom is 0.243 e. The largest absolute Gasteiger partial charge is 0.368 e. The molecular weight excluding hydrogens is 439 g/mol. The minimum absolute atomic E-state index is 0.0901. The van der Waals surface area contributed by atoms with Gasteiger partial charge in [0, 0.05) is 26.2 Å². The van der Waals surface area contributed by atoms with Gasteiger partial charge >= 0.3 is 0 Å². The number of rotatable bonds is 4. The SMILES string of the molecule is Cc1ccc(S(=O)(=O)N2CCC3(CC2)NCCN=C3NCc2ccc(F)c(Cl)c2)cc1. The molecule has 0 atom stereocenters. The van der Waals surface area contributed by atoms with E-state index in [2.05, 4.69) is 15.6 Å². The quantitative estimate of drug-likeness (QED) is 0.729. The van der Waals surface area contributed by atoms with Crippen molar-refractivity contribution in [2.75, 3.05) is 26.2 Å². The number of nitrogens with zero attached hydrogens (tertiary/aromatic N) is 2. The van der Waals surface area contributed by atoms with Gasteiger partial charge in [-0.2, -0.15) is 4.31 Å². The van der Waals surface area contributed by atoms with Crippen molar-refractivity contribution >= 4 is 27.5 Å². The van der Waals surface area contributed by atoms with Crippen LogP contribution in [0.25, 0.3) is 0 Å². The van der Waals surface area contributed by atoms with Crippen LogP contribution >= 0.6 is 11.6 Å². The van der Waals surface area contributed by atoms with E-state index in [0.29, 0.717) is 43.9 Å². The Morgan fingerprint density at radius 1 is 1.19 bits per heavy atom. The Kier molecular flexibility index (Phi) is 6.35. The number of benzene rings is 2. The summed E-state index contributed by atoms with van der Waals surface area (Å²) < 4.78 is 41.0. The van der Waals surface area contributed by atoms with Crippen LogP contribution in [0.4, 0.5) is 4.39 Å². The highest BCUT2D eigenvalue weighted by Crippen LogP contribution is 2.29. The molecule has 0 aromatic heterocycles. The summed E-state index contributed by atoms with van der Waals surface area (Å²) in [5, 5.41) is 7.02. The first-order valence-corrected chi connectivity index (χ1v) is 12.2. The van der Waals surface area contributed by atoms with E-state index in [0.717, 1.165) is 23.5 Å². The number of nitrogens with one attached hydrogen (secondary N) is 2. The van der Waals surface area contributed by atoms with Crippen LogP contribution in [0.5, 0.6) is 0 Å². The van der Waals surface area contributed by atoms with Crippen LogP contribution in [-0.4, -0.2) is 50.3 Å². The van der Waals surface area contributed by atoms with Crippen molar-refractivity contribution in [1.82, 2.24) is 14.9 Å². The van der Waals surface area contributed by atoms with Crippen molar-refractivity contribution < 1.29 is 12.8 Å². The van der Waals surface area contributed by atoms with Crippen LogP contribution in [0.2, 0.25) is 5.02 Å². The number of hydrogen-bond acceptors (Lipinski definition) is 5. The van der Waals surface area contributed by atoms with Gasteiger partial charge in [0.05, 0.1) is 22.0 Å². The van der Waals surface area contributed by atoms with Crippen molar-refractivity contribution in [3.8, 4) is 0 Å². The third-order valence-electron chi connectivity index (χ3n) is 5.98. The Balaban J connectivity index is 1.45. The Hall–Kier alpha value is -2.00. The average molecular weight is 465 g/mol. The summed E-state index contributed by atoms with van der Waals surface area (Å²) in [6.07, 6.45) is 1.24. The van der Waals surface area contributed by atoms with Crippen LogP contribution in [0.3, 0.4) is 0 Å². The lowest BCUT2D eigenvalue weighted by Gasteiger charge is -2.44. The van der Waals surface area contributed by atoms with Crippen LogP contribution in [0.1, 0.15) is 24.0 Å². The summed E-state index contributed by atoms with van der Waals surface area (Å²) in [6.45, 7) is 4.62. The second kappa shape index (κ2) is 8.86. The molecule has 31 heavy (non-hydrogen) atoms. The van der Waals surface area contributed by atoms with E-state index in [-0.39, 0.29) is 10.6 Å². The number of hydrogen-bond donors (Lipinski definition) is 2. The number of sulfonamides is 1. The standard InChI is InChI=1S/C22H26ClFN4O2S/c1-16-2-5-18(6-3-16)31(29,30)28-12-8-22(9-13-28)21(25-10-11-27-22)26-15-17-4-7-20(24)19(23)14-17/h2-7,14,27H,8-13,15H2,1H3,(H,25,26). The fourth-order valence-electron chi connectivity index (χ4n) is 4.14. The highest BCUT2D eigenvalue weighted by atomic mass is 35.5. The summed E-state index contributed by atoms with van der Waals surface area (Å²) in [6, 6.07) is 11.6. The minimum atomic E-state index is -3.52. The third-order valence-corrected chi connectivity index (χ3v) is 8.18. The molecule has 1 spiro atoms. The van der Waals surface area contributed by atoms with Crippen molar-refractivity contribution in [1.29, 1.82) is 0 Å². The summed E-state index contributed by atoms with van der Waals surface area (Å²) in [5.41, 5.74) is 1.49. The predicted octanol–water partition coefficient (Wildman–Crippen LogP) is 3.10. The van der Waals surface area contributed by atoms with Crippen molar-refractivity contribution in [2.45, 2.75) is 36.7 Å². The maximum atomic E-state index is 13.4. The summed E-state index contributed by atoms with van der Waals surface area (Å²) in [5.74, 6) is 0.382. The first-order chi connectivity index (χ1) is 14.8. The van der Waals surface area contributed by atoms with E-state index in [1.807, 2.05) is 19.1 Å². The summed E-state index contributed by atoms with van der Waals surface area (Å²) >= 11 is 5.89. The van der Waals surface area contributed by atoms with E-state index < -0.39 is 15.8 Å². The van der Waals surface area contributed by atoms with Gasteiger partial charge in [0.15, 0.2) is 0 Å². The van der Waals surface area contributed by atoms with Gasteiger partial charge < -0.3 is 10.6 Å². The second-order valence-electron chi connectivity index (χ2n) is 8.06. The Bertz CT molecular complexity index is 1080. The van der Waals surface area contributed by atoms with Gasteiger partial charge in [-0.05, 0) is 49.6 Å². The van der Waals surface area contributed by atoms with Crippen LogP contribution < -0.4 is 10.6 Å². The smallest absolute Gasteiger partial charge is 0.243 e. The van der Waals surface area contributed by atoms with E-state index in [4.69, 9.17) is 11.6 Å². The first kappa shape index (κ1) is 22.2. The number of aryl methyl sites for hydroxylation is 1. The lowest BCUT2D eigenvalue weighted by atomic mass is 9.85. The minimum Gasteiger partial charge on any atom is -0.368 e. The van der Waals surface area contributed by atoms with Crippen molar-refractivity contribution in [2.24, 2.45) is 4.99 Å². The molecule has 2 aliphatic rings. The van der Waals surface area contributed by atoms with Gasteiger partial charge in [-0.25, -0.2) is 12.8 Å². The molecule has 0 aliphatic carbocycles. The Morgan fingerprint density at radius 2 is 1.90 bits per heavy atom. The van der Waals surface area contributed by atoms with E-state index in [9.17, 15) is 12.8 Å². The zero-order valence-corrected chi connectivity index (χ0v) is 18.9. The highest BCUT2D eigenvalue weighted by molar-refractivity contribution is 7.89. The molecule has 6 nitrogen and oxygen atoms in total. The van der Waals surface area contributed by atoms with Gasteiger partial charge in [-0.15, -0.1) is 0 Å². The van der Waals surface area contributed by atoms with Crippen molar-refractivity contribution in [3.63, 3.8) is 0 Å². The molecule has 2 aromatic rings. The molecule has 1 fully saturated rings. The molecule has 0 saturated carbocycles. The second-order valence-corrected chi connectivity index (χ2v) is 10.4. The zero-order valence-electron chi connectivity index (χ0n) is 17.4.